The van der Waals surface area contributed by atoms with Crippen LogP contribution in [0.1, 0.15) is 0 Å². The predicted molar refractivity (Wildman–Crippen MR) is 59.6 cm³/mol. The number of anilines is 1. The maximum atomic E-state index is 11.0. The molecule has 8 heteroatoms. The Kier molecular flexibility index (Phi) is 3.13. The van der Waals surface area contributed by atoms with Crippen LogP contribution in [0.4, 0.5) is 5.69 Å². The van der Waals surface area contributed by atoms with Crippen LogP contribution in [0.2, 0.25) is 0 Å². The van der Waals surface area contributed by atoms with Gasteiger partial charge in [0.05, 0.1) is 0 Å². The molecule has 0 unspecified atom stereocenters. The molecule has 0 aromatic heterocycles. The highest BCUT2D eigenvalue weighted by Crippen LogP contribution is 2.29. The van der Waals surface area contributed by atoms with Crippen LogP contribution in [0.25, 0.3) is 0 Å². The molecule has 0 atom stereocenters. The molecule has 0 spiro atoms. The van der Waals surface area contributed by atoms with Gasteiger partial charge in [-0.2, -0.15) is 0 Å². The number of hydrogen-bond acceptors (Lipinski definition) is 6. The van der Waals surface area contributed by atoms with E-state index in [1.807, 2.05) is 0 Å². The Morgan fingerprint density at radius 2 is 1.94 bits per heavy atom. The van der Waals surface area contributed by atoms with E-state index >= 15 is 0 Å². The van der Waals surface area contributed by atoms with Crippen LogP contribution in [0.15, 0.2) is 27.1 Å². The van der Waals surface area contributed by atoms with Gasteiger partial charge in [-0.3, -0.25) is 0 Å². The lowest BCUT2D eigenvalue weighted by atomic mass is 10.3. The topological polar surface area (TPSA) is 67.9 Å². The molecule has 1 N–H and O–H groups in total. The van der Waals surface area contributed by atoms with Gasteiger partial charge in [0.2, 0.25) is 0 Å². The van der Waals surface area contributed by atoms with E-state index < -0.39 is 11.9 Å². The van der Waals surface area contributed by atoms with E-state index in [0.717, 1.165) is 9.64 Å². The fourth-order valence-electron chi connectivity index (χ4n) is 1.00. The molecule has 1 aliphatic rings. The van der Waals surface area contributed by atoms with Gasteiger partial charge in [-0.05, 0) is 39.7 Å². The quantitative estimate of drug-likeness (QED) is 0.772. The standard InChI is InChI=1S/C8H4Br2N2O4/c9-4-1-2-5(10)6(3-4)12-11-15-7(13)8(14)16-12/h1-3,11H. The van der Waals surface area contributed by atoms with Crippen LogP contribution in [-0.2, 0) is 19.3 Å². The van der Waals surface area contributed by atoms with Gasteiger partial charge in [-0.15, -0.1) is 0 Å². The zero-order valence-electron chi connectivity index (χ0n) is 7.57. The van der Waals surface area contributed by atoms with Gasteiger partial charge in [-0.1, -0.05) is 21.1 Å². The van der Waals surface area contributed by atoms with Crippen LogP contribution in [0, 0.1) is 0 Å². The van der Waals surface area contributed by atoms with Gasteiger partial charge in [0, 0.05) is 8.95 Å². The van der Waals surface area contributed by atoms with Gasteiger partial charge in [-0.25, -0.2) is 9.59 Å². The molecule has 1 saturated heterocycles. The Bertz CT molecular complexity index is 465. The van der Waals surface area contributed by atoms with Crippen molar-refractivity contribution in [3.05, 3.63) is 27.1 Å². The fraction of sp³-hybridized carbons (Fsp3) is 0. The Balaban J connectivity index is 2.28. The van der Waals surface area contributed by atoms with Crippen molar-refractivity contribution in [1.82, 2.24) is 5.59 Å². The van der Waals surface area contributed by atoms with Crippen molar-refractivity contribution in [2.45, 2.75) is 0 Å². The largest absolute Gasteiger partial charge is 0.444 e. The first kappa shape index (κ1) is 11.4. The summed E-state index contributed by atoms with van der Waals surface area (Å²) in [4.78, 5) is 30.7. The number of hydrogen-bond donors (Lipinski definition) is 1. The molecule has 16 heavy (non-hydrogen) atoms. The summed E-state index contributed by atoms with van der Waals surface area (Å²) in [5, 5.41) is 0.943. The van der Waals surface area contributed by atoms with Crippen molar-refractivity contribution in [3.8, 4) is 0 Å². The lowest BCUT2D eigenvalue weighted by Crippen LogP contribution is -2.49. The first-order chi connectivity index (χ1) is 7.58. The van der Waals surface area contributed by atoms with Crippen LogP contribution < -0.4 is 10.8 Å². The summed E-state index contributed by atoms with van der Waals surface area (Å²) in [5.41, 5.74) is 2.66. The number of carbonyl (C=O) groups is 2. The SMILES string of the molecule is O=C1ONN(c2cc(Br)ccc2Br)OC1=O. The summed E-state index contributed by atoms with van der Waals surface area (Å²) in [5.74, 6) is -2.19. The smallest absolute Gasteiger partial charge is 0.338 e. The van der Waals surface area contributed by atoms with Crippen LogP contribution in [-0.4, -0.2) is 11.9 Å². The molecule has 0 aliphatic carbocycles. The van der Waals surface area contributed by atoms with Crippen LogP contribution in [0.5, 0.6) is 0 Å². The average molecular weight is 352 g/mol. The molecule has 0 amide bonds. The van der Waals surface area contributed by atoms with E-state index in [9.17, 15) is 9.59 Å². The minimum atomic E-state index is -1.10. The Morgan fingerprint density at radius 3 is 2.62 bits per heavy atom. The maximum absolute atomic E-state index is 11.0. The van der Waals surface area contributed by atoms with Crippen molar-refractivity contribution in [2.75, 3.05) is 5.17 Å². The summed E-state index contributed by atoms with van der Waals surface area (Å²) in [7, 11) is 0. The fourth-order valence-corrected chi connectivity index (χ4v) is 1.76. The van der Waals surface area contributed by atoms with E-state index in [1.165, 1.54) is 0 Å². The normalized spacial score (nSPS) is 15.8. The van der Waals surface area contributed by atoms with E-state index in [0.29, 0.717) is 10.2 Å². The second kappa shape index (κ2) is 4.40. The zero-order valence-corrected chi connectivity index (χ0v) is 10.7. The lowest BCUT2D eigenvalue weighted by molar-refractivity contribution is -0.192. The van der Waals surface area contributed by atoms with Gasteiger partial charge in [0.25, 0.3) is 0 Å². The van der Waals surface area contributed by atoms with E-state index in [1.54, 1.807) is 18.2 Å². The second-order valence-electron chi connectivity index (χ2n) is 2.75. The van der Waals surface area contributed by atoms with Gasteiger partial charge in [0.15, 0.2) is 0 Å². The molecule has 1 heterocycles. The molecule has 84 valence electrons. The number of carbonyl (C=O) groups excluding carboxylic acids is 2. The molecule has 1 aliphatic heterocycles. The number of benzene rings is 1. The van der Waals surface area contributed by atoms with Crippen LogP contribution in [0.3, 0.4) is 0 Å². The molecule has 2 rings (SSSR count). The maximum Gasteiger partial charge on any atom is 0.444 e. The molecular formula is C8H4Br2N2O4. The third-order valence-electron chi connectivity index (χ3n) is 1.69. The number of nitrogens with zero attached hydrogens (tertiary/aromatic N) is 1. The molecule has 0 radical (unpaired) electrons. The first-order valence-electron chi connectivity index (χ1n) is 4.02. The molecule has 6 nitrogen and oxygen atoms in total. The highest BCUT2D eigenvalue weighted by Gasteiger charge is 2.30. The Hall–Kier alpha value is -1.12. The summed E-state index contributed by atoms with van der Waals surface area (Å²) in [6.07, 6.45) is 0. The van der Waals surface area contributed by atoms with Crippen LogP contribution >= 0.6 is 31.9 Å². The third-order valence-corrected chi connectivity index (χ3v) is 2.85. The summed E-state index contributed by atoms with van der Waals surface area (Å²) in [6.45, 7) is 0. The summed E-state index contributed by atoms with van der Waals surface area (Å²) in [6, 6.07) is 5.21. The Labute approximate surface area is 107 Å². The molecule has 1 aromatic rings. The lowest BCUT2D eigenvalue weighted by Gasteiger charge is -2.26. The monoisotopic (exact) mass is 350 g/mol. The zero-order chi connectivity index (χ0) is 11.7. The minimum absolute atomic E-state index is 0.482. The number of halogens is 2. The first-order valence-corrected chi connectivity index (χ1v) is 5.60. The summed E-state index contributed by atoms with van der Waals surface area (Å²) < 4.78 is 1.44. The highest BCUT2D eigenvalue weighted by molar-refractivity contribution is 9.11. The Morgan fingerprint density at radius 1 is 1.19 bits per heavy atom. The van der Waals surface area contributed by atoms with Crippen molar-refractivity contribution >= 4 is 49.5 Å². The van der Waals surface area contributed by atoms with E-state index in [2.05, 4.69) is 47.1 Å². The van der Waals surface area contributed by atoms with E-state index in [4.69, 9.17) is 0 Å². The number of rotatable bonds is 1. The second-order valence-corrected chi connectivity index (χ2v) is 4.52. The molecular weight excluding hydrogens is 348 g/mol. The van der Waals surface area contributed by atoms with Gasteiger partial charge < -0.3 is 9.68 Å². The van der Waals surface area contributed by atoms with Crippen molar-refractivity contribution < 1.29 is 19.3 Å². The average Bonchev–Trinajstić information content (AvgIpc) is 2.26. The van der Waals surface area contributed by atoms with Crippen molar-refractivity contribution in [1.29, 1.82) is 0 Å². The number of hydrazine groups is 1. The molecule has 1 fully saturated rings. The molecule has 1 aromatic carbocycles. The predicted octanol–water partition coefficient (Wildman–Crippen LogP) is 1.45. The molecule has 0 saturated carbocycles. The highest BCUT2D eigenvalue weighted by atomic mass is 79.9. The van der Waals surface area contributed by atoms with Crippen molar-refractivity contribution in [2.24, 2.45) is 0 Å². The van der Waals surface area contributed by atoms with E-state index in [-0.39, 0.29) is 0 Å². The summed E-state index contributed by atoms with van der Waals surface area (Å²) >= 11 is 6.53. The van der Waals surface area contributed by atoms with Crippen molar-refractivity contribution in [3.63, 3.8) is 0 Å². The molecule has 0 bridgehead atoms. The van der Waals surface area contributed by atoms with Gasteiger partial charge in [0.1, 0.15) is 5.69 Å². The number of nitrogens with one attached hydrogen (secondary N) is 1. The minimum Gasteiger partial charge on any atom is -0.338 e. The third kappa shape index (κ3) is 2.18. The van der Waals surface area contributed by atoms with Gasteiger partial charge >= 0.3 is 11.9 Å².